The first-order valence-corrected chi connectivity index (χ1v) is 10.3. The number of benzene rings is 2. The minimum Gasteiger partial charge on any atom is -0.465 e. The second-order valence-electron chi connectivity index (χ2n) is 6.78. The SMILES string of the molecule is CCOC(=O)C1(CN)C(c2cccc(F)c2)C1S(=O)(=O)c1ccc(C)cc1. The van der Waals surface area contributed by atoms with Crippen LogP contribution in [0.25, 0.3) is 0 Å². The number of halogens is 1. The summed E-state index contributed by atoms with van der Waals surface area (Å²) in [6.07, 6.45) is 0. The summed E-state index contributed by atoms with van der Waals surface area (Å²) < 4.78 is 45.5. The van der Waals surface area contributed by atoms with Gasteiger partial charge in [-0.2, -0.15) is 0 Å². The summed E-state index contributed by atoms with van der Waals surface area (Å²) in [6.45, 7) is 3.40. The molecule has 3 rings (SSSR count). The van der Waals surface area contributed by atoms with Crippen LogP contribution < -0.4 is 5.73 Å². The van der Waals surface area contributed by atoms with Crippen molar-refractivity contribution in [2.24, 2.45) is 11.1 Å². The molecule has 2 N–H and O–H groups in total. The topological polar surface area (TPSA) is 86.5 Å². The van der Waals surface area contributed by atoms with Crippen LogP contribution in [-0.4, -0.2) is 32.8 Å². The molecule has 3 atom stereocenters. The normalized spacial score (nSPS) is 24.4. The molecule has 0 spiro atoms. The molecule has 1 fully saturated rings. The molecule has 0 radical (unpaired) electrons. The Kier molecular flexibility index (Phi) is 5.10. The summed E-state index contributed by atoms with van der Waals surface area (Å²) in [5.74, 6) is -1.92. The van der Waals surface area contributed by atoms with Gasteiger partial charge in [-0.15, -0.1) is 0 Å². The minimum absolute atomic E-state index is 0.105. The first-order valence-electron chi connectivity index (χ1n) is 8.72. The number of hydrogen-bond acceptors (Lipinski definition) is 5. The molecule has 27 heavy (non-hydrogen) atoms. The number of nitrogens with two attached hydrogens (primary N) is 1. The molecule has 3 unspecified atom stereocenters. The average Bonchev–Trinajstić information content (AvgIpc) is 3.34. The van der Waals surface area contributed by atoms with Crippen LogP contribution in [0.3, 0.4) is 0 Å². The lowest BCUT2D eigenvalue weighted by Gasteiger charge is -2.14. The Morgan fingerprint density at radius 3 is 2.44 bits per heavy atom. The van der Waals surface area contributed by atoms with Crippen molar-refractivity contribution in [1.29, 1.82) is 0 Å². The van der Waals surface area contributed by atoms with E-state index in [0.717, 1.165) is 5.56 Å². The highest BCUT2D eigenvalue weighted by Crippen LogP contribution is 2.64. The van der Waals surface area contributed by atoms with Gasteiger partial charge in [0.25, 0.3) is 0 Å². The fourth-order valence-corrected chi connectivity index (χ4v) is 6.12. The van der Waals surface area contributed by atoms with Crippen molar-refractivity contribution in [1.82, 2.24) is 0 Å². The third kappa shape index (κ3) is 3.15. The fraction of sp³-hybridized carbons (Fsp3) is 0.350. The molecule has 0 aromatic heterocycles. The van der Waals surface area contributed by atoms with E-state index < -0.39 is 38.2 Å². The van der Waals surface area contributed by atoms with Gasteiger partial charge in [-0.3, -0.25) is 4.79 Å². The van der Waals surface area contributed by atoms with Crippen LogP contribution in [-0.2, 0) is 19.4 Å². The van der Waals surface area contributed by atoms with Crippen molar-refractivity contribution in [3.8, 4) is 0 Å². The number of rotatable bonds is 6. The van der Waals surface area contributed by atoms with Gasteiger partial charge in [-0.25, -0.2) is 12.8 Å². The monoisotopic (exact) mass is 391 g/mol. The molecule has 0 saturated heterocycles. The maximum absolute atomic E-state index is 13.8. The van der Waals surface area contributed by atoms with Crippen molar-refractivity contribution in [2.75, 3.05) is 13.2 Å². The van der Waals surface area contributed by atoms with E-state index in [1.807, 2.05) is 6.92 Å². The second-order valence-corrected chi connectivity index (χ2v) is 8.85. The number of hydrogen-bond donors (Lipinski definition) is 1. The van der Waals surface area contributed by atoms with Crippen molar-refractivity contribution in [3.05, 3.63) is 65.5 Å². The number of sulfone groups is 1. The van der Waals surface area contributed by atoms with Crippen LogP contribution in [0.2, 0.25) is 0 Å². The van der Waals surface area contributed by atoms with E-state index in [9.17, 15) is 17.6 Å². The zero-order valence-corrected chi connectivity index (χ0v) is 16.0. The molecular formula is C20H22FNO4S. The van der Waals surface area contributed by atoms with Gasteiger partial charge in [0.15, 0.2) is 9.84 Å². The molecule has 2 aromatic rings. The molecule has 1 aliphatic carbocycles. The molecule has 2 aromatic carbocycles. The highest BCUT2D eigenvalue weighted by atomic mass is 32.2. The van der Waals surface area contributed by atoms with Crippen LogP contribution in [0.15, 0.2) is 53.4 Å². The molecule has 0 aliphatic heterocycles. The fourth-order valence-electron chi connectivity index (χ4n) is 3.74. The standard InChI is InChI=1S/C20H22FNO4S/c1-3-26-19(23)20(12-22)17(14-5-4-6-15(21)11-14)18(20)27(24,25)16-9-7-13(2)8-10-16/h4-11,17-18H,3,12,22H2,1-2H3. The number of ether oxygens (including phenoxy) is 1. The minimum atomic E-state index is -3.88. The average molecular weight is 391 g/mol. The van der Waals surface area contributed by atoms with Gasteiger partial charge < -0.3 is 10.5 Å². The predicted molar refractivity (Wildman–Crippen MR) is 99.4 cm³/mol. The lowest BCUT2D eigenvalue weighted by atomic mass is 9.99. The highest BCUT2D eigenvalue weighted by molar-refractivity contribution is 7.92. The van der Waals surface area contributed by atoms with Gasteiger partial charge in [0.05, 0.1) is 16.8 Å². The van der Waals surface area contributed by atoms with Crippen LogP contribution in [0.1, 0.15) is 24.0 Å². The van der Waals surface area contributed by atoms with E-state index in [1.54, 1.807) is 25.1 Å². The van der Waals surface area contributed by atoms with Crippen LogP contribution in [0.4, 0.5) is 4.39 Å². The molecule has 1 aliphatic rings. The van der Waals surface area contributed by atoms with E-state index in [1.165, 1.54) is 30.3 Å². The lowest BCUT2D eigenvalue weighted by Crippen LogP contribution is -2.33. The summed E-state index contributed by atoms with van der Waals surface area (Å²) in [5, 5.41) is -1.10. The first kappa shape index (κ1) is 19.5. The molecular weight excluding hydrogens is 369 g/mol. The largest absolute Gasteiger partial charge is 0.465 e. The Bertz CT molecular complexity index is 958. The molecule has 0 bridgehead atoms. The Hall–Kier alpha value is -2.25. The third-order valence-corrected chi connectivity index (χ3v) is 7.43. The quantitative estimate of drug-likeness (QED) is 0.765. The van der Waals surface area contributed by atoms with E-state index >= 15 is 0 Å². The van der Waals surface area contributed by atoms with Gasteiger partial charge >= 0.3 is 5.97 Å². The second kappa shape index (κ2) is 7.05. The molecule has 1 saturated carbocycles. The van der Waals surface area contributed by atoms with Crippen molar-refractivity contribution in [2.45, 2.75) is 29.9 Å². The van der Waals surface area contributed by atoms with Crippen LogP contribution in [0, 0.1) is 18.2 Å². The van der Waals surface area contributed by atoms with Crippen LogP contribution >= 0.6 is 0 Å². The van der Waals surface area contributed by atoms with E-state index in [2.05, 4.69) is 0 Å². The number of carbonyl (C=O) groups excluding carboxylic acids is 1. The summed E-state index contributed by atoms with van der Waals surface area (Å²) in [7, 11) is -3.88. The van der Waals surface area contributed by atoms with Crippen molar-refractivity contribution in [3.63, 3.8) is 0 Å². The number of aryl methyl sites for hydroxylation is 1. The Labute approximate surface area is 158 Å². The van der Waals surface area contributed by atoms with Crippen molar-refractivity contribution < 1.29 is 22.3 Å². The summed E-state index contributed by atoms with van der Waals surface area (Å²) >= 11 is 0. The highest BCUT2D eigenvalue weighted by Gasteiger charge is 2.75. The molecule has 144 valence electrons. The summed E-state index contributed by atoms with van der Waals surface area (Å²) in [4.78, 5) is 12.8. The molecule has 0 heterocycles. The van der Waals surface area contributed by atoms with Gasteiger partial charge in [-0.05, 0) is 43.7 Å². The Morgan fingerprint density at radius 2 is 1.89 bits per heavy atom. The lowest BCUT2D eigenvalue weighted by molar-refractivity contribution is -0.149. The Balaban J connectivity index is 2.12. The van der Waals surface area contributed by atoms with Gasteiger partial charge in [-0.1, -0.05) is 29.8 Å². The maximum Gasteiger partial charge on any atom is 0.315 e. The zero-order chi connectivity index (χ0) is 19.8. The maximum atomic E-state index is 13.8. The van der Waals surface area contributed by atoms with E-state index in [-0.39, 0.29) is 18.0 Å². The molecule has 7 heteroatoms. The van der Waals surface area contributed by atoms with Crippen molar-refractivity contribution >= 4 is 15.8 Å². The smallest absolute Gasteiger partial charge is 0.315 e. The van der Waals surface area contributed by atoms with Crippen LogP contribution in [0.5, 0.6) is 0 Å². The van der Waals surface area contributed by atoms with Gasteiger partial charge in [0.1, 0.15) is 11.2 Å². The summed E-state index contributed by atoms with van der Waals surface area (Å²) in [6, 6.07) is 12.0. The first-order chi connectivity index (χ1) is 12.8. The van der Waals surface area contributed by atoms with Gasteiger partial charge in [0, 0.05) is 12.5 Å². The molecule has 0 amide bonds. The molecule has 5 nitrogen and oxygen atoms in total. The number of carbonyl (C=O) groups is 1. The summed E-state index contributed by atoms with van der Waals surface area (Å²) in [5.41, 5.74) is 5.82. The van der Waals surface area contributed by atoms with E-state index in [0.29, 0.717) is 5.56 Å². The third-order valence-electron chi connectivity index (χ3n) is 5.14. The van der Waals surface area contributed by atoms with Gasteiger partial charge in [0.2, 0.25) is 0 Å². The Morgan fingerprint density at radius 1 is 1.22 bits per heavy atom. The predicted octanol–water partition coefficient (Wildman–Crippen LogP) is 2.58. The number of esters is 1. The van der Waals surface area contributed by atoms with E-state index in [4.69, 9.17) is 10.5 Å². The zero-order valence-electron chi connectivity index (χ0n) is 15.2.